The fraction of sp³-hybridized carbons (Fsp3) is 0.611. The van der Waals surface area contributed by atoms with E-state index in [0.29, 0.717) is 23.2 Å². The van der Waals surface area contributed by atoms with Gasteiger partial charge < -0.3 is 15.4 Å². The van der Waals surface area contributed by atoms with Crippen molar-refractivity contribution in [2.45, 2.75) is 57.1 Å². The van der Waals surface area contributed by atoms with Gasteiger partial charge in [0.15, 0.2) is 0 Å². The molecule has 1 aromatic carbocycles. The average molecular weight is 381 g/mol. The number of carbonyl (C=O) groups excluding carboxylic acids is 1. The molecule has 144 valence electrons. The summed E-state index contributed by atoms with van der Waals surface area (Å²) in [7, 11) is -3.45. The van der Waals surface area contributed by atoms with Gasteiger partial charge >= 0.3 is 0 Å². The summed E-state index contributed by atoms with van der Waals surface area (Å²) in [6, 6.07) is 5.51. The Morgan fingerprint density at radius 1 is 1.15 bits per heavy atom. The molecule has 2 aliphatic carbocycles. The second kappa shape index (κ2) is 8.26. The molecule has 3 rings (SSSR count). The Morgan fingerprint density at radius 2 is 1.88 bits per heavy atom. The van der Waals surface area contributed by atoms with E-state index in [1.54, 1.807) is 18.2 Å². The van der Waals surface area contributed by atoms with Crippen LogP contribution in [-0.2, 0) is 14.8 Å². The van der Waals surface area contributed by atoms with Gasteiger partial charge in [-0.1, -0.05) is 6.42 Å². The maximum atomic E-state index is 12.0. The van der Waals surface area contributed by atoms with Crippen LogP contribution in [0.1, 0.15) is 44.9 Å². The number of amides is 1. The smallest absolute Gasteiger partial charge is 0.238 e. The highest BCUT2D eigenvalue weighted by Gasteiger charge is 2.21. The van der Waals surface area contributed by atoms with Gasteiger partial charge in [-0.3, -0.25) is 9.52 Å². The van der Waals surface area contributed by atoms with E-state index >= 15 is 0 Å². The monoisotopic (exact) mass is 381 g/mol. The van der Waals surface area contributed by atoms with Crippen molar-refractivity contribution in [3.63, 3.8) is 0 Å². The van der Waals surface area contributed by atoms with E-state index in [4.69, 9.17) is 4.74 Å². The molecular formula is C18H27N3O4S. The van der Waals surface area contributed by atoms with Gasteiger partial charge in [0, 0.05) is 11.7 Å². The molecule has 1 amide bonds. The second-order valence-corrected chi connectivity index (χ2v) is 8.91. The minimum absolute atomic E-state index is 0.104. The lowest BCUT2D eigenvalue weighted by molar-refractivity contribution is -0.115. The maximum absolute atomic E-state index is 12.0. The van der Waals surface area contributed by atoms with Crippen molar-refractivity contribution in [3.8, 4) is 5.75 Å². The molecule has 2 aliphatic rings. The molecular weight excluding hydrogens is 354 g/mol. The molecule has 8 heteroatoms. The standard InChI is InChI=1S/C18H27N3O4S/c1-26(23,24)21-16-11-14(20-18(22)12-19-13-7-8-13)9-10-17(16)25-15-5-3-2-4-6-15/h9-11,13,15,19,21H,2-8,12H2,1H3,(H,20,22). The summed E-state index contributed by atoms with van der Waals surface area (Å²) in [5, 5.41) is 5.94. The molecule has 1 aromatic rings. The van der Waals surface area contributed by atoms with Crippen LogP contribution in [0.15, 0.2) is 18.2 Å². The van der Waals surface area contributed by atoms with E-state index in [-0.39, 0.29) is 18.6 Å². The highest BCUT2D eigenvalue weighted by atomic mass is 32.2. The van der Waals surface area contributed by atoms with Crippen LogP contribution in [0.4, 0.5) is 11.4 Å². The molecule has 0 bridgehead atoms. The van der Waals surface area contributed by atoms with Crippen molar-refractivity contribution >= 4 is 27.3 Å². The Morgan fingerprint density at radius 3 is 2.54 bits per heavy atom. The number of sulfonamides is 1. The summed E-state index contributed by atoms with van der Waals surface area (Å²) in [4.78, 5) is 12.0. The van der Waals surface area contributed by atoms with Crippen LogP contribution in [0, 0.1) is 0 Å². The fourth-order valence-electron chi connectivity index (χ4n) is 3.08. The summed E-state index contributed by atoms with van der Waals surface area (Å²) >= 11 is 0. The molecule has 0 unspecified atom stereocenters. The van der Waals surface area contributed by atoms with E-state index in [0.717, 1.165) is 44.8 Å². The summed E-state index contributed by atoms with van der Waals surface area (Å²) < 4.78 is 31.9. The Kier molecular flexibility index (Phi) is 6.03. The number of carbonyl (C=O) groups is 1. The van der Waals surface area contributed by atoms with E-state index in [9.17, 15) is 13.2 Å². The van der Waals surface area contributed by atoms with Crippen molar-refractivity contribution in [1.29, 1.82) is 0 Å². The minimum atomic E-state index is -3.45. The van der Waals surface area contributed by atoms with Crippen LogP contribution in [0.5, 0.6) is 5.75 Å². The topological polar surface area (TPSA) is 96.5 Å². The maximum Gasteiger partial charge on any atom is 0.238 e. The van der Waals surface area contributed by atoms with Crippen LogP contribution >= 0.6 is 0 Å². The number of hydrogen-bond acceptors (Lipinski definition) is 5. The number of nitrogens with one attached hydrogen (secondary N) is 3. The zero-order valence-corrected chi connectivity index (χ0v) is 15.9. The van der Waals surface area contributed by atoms with Gasteiger partial charge in [-0.25, -0.2) is 8.42 Å². The molecule has 2 saturated carbocycles. The highest BCUT2D eigenvalue weighted by Crippen LogP contribution is 2.32. The Balaban J connectivity index is 1.69. The lowest BCUT2D eigenvalue weighted by atomic mass is 9.98. The molecule has 3 N–H and O–H groups in total. The molecule has 26 heavy (non-hydrogen) atoms. The number of anilines is 2. The van der Waals surface area contributed by atoms with E-state index in [1.807, 2.05) is 0 Å². The largest absolute Gasteiger partial charge is 0.488 e. The molecule has 7 nitrogen and oxygen atoms in total. The number of rotatable bonds is 8. The number of ether oxygens (including phenoxy) is 1. The molecule has 2 fully saturated rings. The highest BCUT2D eigenvalue weighted by molar-refractivity contribution is 7.92. The molecule has 0 radical (unpaired) electrons. The van der Waals surface area contributed by atoms with Crippen LogP contribution in [0.2, 0.25) is 0 Å². The van der Waals surface area contributed by atoms with Gasteiger partial charge in [-0.15, -0.1) is 0 Å². The van der Waals surface area contributed by atoms with Crippen molar-refractivity contribution in [3.05, 3.63) is 18.2 Å². The fourth-order valence-corrected chi connectivity index (χ4v) is 3.64. The predicted octanol–water partition coefficient (Wildman–Crippen LogP) is 2.46. The van der Waals surface area contributed by atoms with Gasteiger partial charge in [0.2, 0.25) is 15.9 Å². The van der Waals surface area contributed by atoms with Crippen molar-refractivity contribution in [2.75, 3.05) is 22.8 Å². The van der Waals surface area contributed by atoms with Crippen molar-refractivity contribution in [2.24, 2.45) is 0 Å². The second-order valence-electron chi connectivity index (χ2n) is 7.17. The quantitative estimate of drug-likeness (QED) is 0.643. The van der Waals surface area contributed by atoms with Gasteiger partial charge in [0.05, 0.1) is 24.6 Å². The van der Waals surface area contributed by atoms with Crippen LogP contribution < -0.4 is 20.1 Å². The van der Waals surface area contributed by atoms with Gasteiger partial charge in [0.1, 0.15) is 5.75 Å². The van der Waals surface area contributed by atoms with Crippen LogP contribution in [0.3, 0.4) is 0 Å². The zero-order chi connectivity index (χ0) is 18.6. The molecule has 0 aromatic heterocycles. The lowest BCUT2D eigenvalue weighted by Gasteiger charge is -2.24. The Bertz CT molecular complexity index is 741. The Labute approximate surface area is 154 Å². The first-order valence-electron chi connectivity index (χ1n) is 9.21. The summed E-state index contributed by atoms with van der Waals surface area (Å²) in [6.07, 6.45) is 8.85. The number of benzene rings is 1. The third-order valence-corrected chi connectivity index (χ3v) is 5.12. The summed E-state index contributed by atoms with van der Waals surface area (Å²) in [5.74, 6) is 0.347. The summed E-state index contributed by atoms with van der Waals surface area (Å²) in [5.41, 5.74) is 0.890. The van der Waals surface area contributed by atoms with Gasteiger partial charge in [-0.05, 0) is 56.7 Å². The predicted molar refractivity (Wildman–Crippen MR) is 102 cm³/mol. The third-order valence-electron chi connectivity index (χ3n) is 4.53. The van der Waals surface area contributed by atoms with Gasteiger partial charge in [0.25, 0.3) is 0 Å². The molecule has 0 heterocycles. The molecule has 0 saturated heterocycles. The van der Waals surface area contributed by atoms with Gasteiger partial charge in [-0.2, -0.15) is 0 Å². The van der Waals surface area contributed by atoms with E-state index in [1.165, 1.54) is 6.42 Å². The Hall–Kier alpha value is -1.80. The SMILES string of the molecule is CS(=O)(=O)Nc1cc(NC(=O)CNC2CC2)ccc1OC1CCCCC1. The average Bonchev–Trinajstić information content (AvgIpc) is 3.39. The first kappa shape index (κ1) is 19.0. The van der Waals surface area contributed by atoms with Crippen molar-refractivity contribution in [1.82, 2.24) is 5.32 Å². The van der Waals surface area contributed by atoms with Crippen molar-refractivity contribution < 1.29 is 17.9 Å². The van der Waals surface area contributed by atoms with E-state index in [2.05, 4.69) is 15.4 Å². The summed E-state index contributed by atoms with van der Waals surface area (Å²) in [6.45, 7) is 0.250. The molecule has 0 atom stereocenters. The van der Waals surface area contributed by atoms with Crippen LogP contribution in [-0.4, -0.2) is 39.3 Å². The molecule has 0 spiro atoms. The normalized spacial score (nSPS) is 18.3. The zero-order valence-electron chi connectivity index (χ0n) is 15.1. The van der Waals surface area contributed by atoms with E-state index < -0.39 is 10.0 Å². The first-order chi connectivity index (χ1) is 12.4. The van der Waals surface area contributed by atoms with Crippen LogP contribution in [0.25, 0.3) is 0 Å². The first-order valence-corrected chi connectivity index (χ1v) is 11.1. The molecule has 0 aliphatic heterocycles. The lowest BCUT2D eigenvalue weighted by Crippen LogP contribution is -2.29. The minimum Gasteiger partial charge on any atom is -0.488 e. The number of hydrogen-bond donors (Lipinski definition) is 3. The third kappa shape index (κ3) is 6.17.